The van der Waals surface area contributed by atoms with E-state index in [2.05, 4.69) is 0 Å². The molecule has 2 aliphatic carbocycles. The zero-order valence-corrected chi connectivity index (χ0v) is 28.2. The Kier molecular flexibility index (Phi) is 7.72. The van der Waals surface area contributed by atoms with Crippen molar-refractivity contribution < 1.29 is 38.5 Å². The monoisotopic (exact) mass is 737 g/mol. The molecule has 1 saturated carbocycles. The standard InChI is InChI=1S/C34H26Cl2FN5O9/c1-38(2)28-24(41(48)49)13-19(14-25(28)42(50)51)39-29(44)22-11-10-21-23(26(22)30(39)45)15-33(35)31(46)40(18-8-6-17(37)7-9-18)32(47)34(33,36)27(21)16-4-3-5-20(43)12-16/h3-10,12-14,22-23,26-27,43H,11,15H2,1-2H3/t22-,23+,26-,27-,33+,34-/m0/s1. The molecule has 14 nitrogen and oxygen atoms in total. The van der Waals surface area contributed by atoms with Crippen LogP contribution in [0.25, 0.3) is 0 Å². The van der Waals surface area contributed by atoms with Gasteiger partial charge in [0, 0.05) is 32.1 Å². The highest BCUT2D eigenvalue weighted by molar-refractivity contribution is 6.58. The van der Waals surface area contributed by atoms with Crippen molar-refractivity contribution in [3.63, 3.8) is 0 Å². The number of alkyl halides is 2. The molecule has 4 amide bonds. The molecule has 0 unspecified atom stereocenters. The van der Waals surface area contributed by atoms with Crippen molar-refractivity contribution in [3.05, 3.63) is 104 Å². The van der Waals surface area contributed by atoms with E-state index in [0.29, 0.717) is 10.5 Å². The lowest BCUT2D eigenvalue weighted by atomic mass is 9.56. The van der Waals surface area contributed by atoms with Gasteiger partial charge in [-0.25, -0.2) is 14.2 Å². The molecule has 4 aliphatic rings. The van der Waals surface area contributed by atoms with Crippen LogP contribution in [0.5, 0.6) is 5.75 Å². The zero-order valence-electron chi connectivity index (χ0n) is 26.7. The summed E-state index contributed by atoms with van der Waals surface area (Å²) in [6.07, 6.45) is 1.18. The second kappa shape index (κ2) is 11.6. The van der Waals surface area contributed by atoms with Gasteiger partial charge in [0.05, 0.1) is 33.1 Å². The fraction of sp³-hybridized carbons (Fsp3) is 0.294. The number of amides is 4. The van der Waals surface area contributed by atoms with E-state index in [0.717, 1.165) is 29.2 Å². The number of allylic oxidation sites excluding steroid dienone is 2. The molecule has 3 fully saturated rings. The Morgan fingerprint density at radius 1 is 0.863 bits per heavy atom. The van der Waals surface area contributed by atoms with Crippen LogP contribution in [0.2, 0.25) is 0 Å². The molecule has 51 heavy (non-hydrogen) atoms. The van der Waals surface area contributed by atoms with Crippen molar-refractivity contribution in [3.8, 4) is 5.75 Å². The molecule has 262 valence electrons. The number of benzene rings is 3. The lowest BCUT2D eigenvalue weighted by Gasteiger charge is -2.50. The Balaban J connectivity index is 1.38. The average molecular weight is 739 g/mol. The van der Waals surface area contributed by atoms with Gasteiger partial charge in [-0.1, -0.05) is 23.8 Å². The van der Waals surface area contributed by atoms with Crippen LogP contribution in [0.15, 0.2) is 72.3 Å². The van der Waals surface area contributed by atoms with Gasteiger partial charge in [-0.3, -0.25) is 39.4 Å². The molecular formula is C34H26Cl2FN5O9. The Morgan fingerprint density at radius 2 is 1.49 bits per heavy atom. The zero-order chi connectivity index (χ0) is 36.9. The van der Waals surface area contributed by atoms with Crippen molar-refractivity contribution >= 4 is 75.3 Å². The number of nitro groups is 2. The van der Waals surface area contributed by atoms with Crippen molar-refractivity contribution in [2.24, 2.45) is 17.8 Å². The molecule has 2 heterocycles. The summed E-state index contributed by atoms with van der Waals surface area (Å²) in [5, 5.41) is 34.6. The number of anilines is 3. The summed E-state index contributed by atoms with van der Waals surface area (Å²) in [7, 11) is 2.75. The minimum atomic E-state index is -2.23. The van der Waals surface area contributed by atoms with E-state index in [1.54, 1.807) is 12.1 Å². The summed E-state index contributed by atoms with van der Waals surface area (Å²) >= 11 is 14.6. The van der Waals surface area contributed by atoms with Gasteiger partial charge >= 0.3 is 11.4 Å². The van der Waals surface area contributed by atoms with Gasteiger partial charge < -0.3 is 10.0 Å². The first-order valence-electron chi connectivity index (χ1n) is 15.6. The van der Waals surface area contributed by atoms with Crippen molar-refractivity contribution in [1.29, 1.82) is 0 Å². The minimum Gasteiger partial charge on any atom is -0.508 e. The number of imide groups is 2. The van der Waals surface area contributed by atoms with Crippen LogP contribution in [0, 0.1) is 43.8 Å². The maximum absolute atomic E-state index is 14.4. The van der Waals surface area contributed by atoms with Crippen LogP contribution in [0.3, 0.4) is 0 Å². The summed E-state index contributed by atoms with van der Waals surface area (Å²) in [6.45, 7) is 0. The average Bonchev–Trinajstić information content (AvgIpc) is 3.42. The Morgan fingerprint density at radius 3 is 2.06 bits per heavy atom. The van der Waals surface area contributed by atoms with E-state index in [1.165, 1.54) is 49.3 Å². The number of rotatable bonds is 6. The van der Waals surface area contributed by atoms with Gasteiger partial charge in [-0.2, -0.15) is 0 Å². The highest BCUT2D eigenvalue weighted by Gasteiger charge is 2.76. The largest absolute Gasteiger partial charge is 0.508 e. The Bertz CT molecular complexity index is 2110. The molecular weight excluding hydrogens is 712 g/mol. The quantitative estimate of drug-likeness (QED) is 0.116. The van der Waals surface area contributed by atoms with Crippen LogP contribution >= 0.6 is 23.2 Å². The molecule has 0 bridgehead atoms. The van der Waals surface area contributed by atoms with Crippen molar-refractivity contribution in [2.75, 3.05) is 28.8 Å². The topological polar surface area (TPSA) is 185 Å². The highest BCUT2D eigenvalue weighted by atomic mass is 35.5. The van der Waals surface area contributed by atoms with Crippen molar-refractivity contribution in [2.45, 2.75) is 28.5 Å². The van der Waals surface area contributed by atoms with Crippen LogP contribution in [-0.4, -0.2) is 62.4 Å². The number of fused-ring (bicyclic) bond motifs is 4. The summed E-state index contributed by atoms with van der Waals surface area (Å²) in [6, 6.07) is 12.2. The first-order chi connectivity index (χ1) is 24.0. The molecule has 0 radical (unpaired) electrons. The summed E-state index contributed by atoms with van der Waals surface area (Å²) < 4.78 is 13.9. The Labute approximate surface area is 297 Å². The van der Waals surface area contributed by atoms with E-state index in [9.17, 15) is 48.9 Å². The van der Waals surface area contributed by atoms with Gasteiger partial charge in [0.1, 0.15) is 11.6 Å². The number of phenols is 1. The molecule has 2 saturated heterocycles. The number of hydrogen-bond acceptors (Lipinski definition) is 10. The van der Waals surface area contributed by atoms with E-state index in [4.69, 9.17) is 23.2 Å². The summed E-state index contributed by atoms with van der Waals surface area (Å²) in [4.78, 5) is 77.8. The molecule has 6 atom stereocenters. The smallest absolute Gasteiger partial charge is 0.301 e. The maximum atomic E-state index is 14.4. The number of halogens is 3. The van der Waals surface area contributed by atoms with Gasteiger partial charge in [-0.05, 0) is 60.7 Å². The van der Waals surface area contributed by atoms with Crippen LogP contribution in [0.1, 0.15) is 24.3 Å². The number of aromatic hydroxyl groups is 1. The fourth-order valence-corrected chi connectivity index (χ4v) is 9.12. The van der Waals surface area contributed by atoms with Crippen LogP contribution in [-0.2, 0) is 19.2 Å². The molecule has 3 aromatic rings. The van der Waals surface area contributed by atoms with Crippen LogP contribution in [0.4, 0.5) is 32.8 Å². The molecule has 0 aromatic heterocycles. The van der Waals surface area contributed by atoms with Gasteiger partial charge in [-0.15, -0.1) is 23.2 Å². The number of hydrogen-bond donors (Lipinski definition) is 1. The van der Waals surface area contributed by atoms with Gasteiger partial charge in [0.15, 0.2) is 15.4 Å². The lowest BCUT2D eigenvalue weighted by Crippen LogP contribution is -2.60. The SMILES string of the molecule is CN(C)c1c([N+](=O)[O-])cc(N2C(=O)[C@H]3[C@H](CC=C4[C@H]3C[C@@]3(Cl)C(=O)N(c5ccc(F)cc5)C(=O)[C@@]3(Cl)[C@H]4c3cccc(O)c3)C2=O)cc1[N+](=O)[O-]. The van der Waals surface area contributed by atoms with Gasteiger partial charge in [0.2, 0.25) is 11.8 Å². The third kappa shape index (κ3) is 4.67. The van der Waals surface area contributed by atoms with E-state index < -0.39 is 90.5 Å². The molecule has 17 heteroatoms. The lowest BCUT2D eigenvalue weighted by molar-refractivity contribution is -0.392. The maximum Gasteiger partial charge on any atom is 0.301 e. The third-order valence-corrected chi connectivity index (χ3v) is 11.7. The summed E-state index contributed by atoms with van der Waals surface area (Å²) in [5.41, 5.74) is -1.46. The molecule has 7 rings (SSSR count). The predicted octanol–water partition coefficient (Wildman–Crippen LogP) is 5.18. The summed E-state index contributed by atoms with van der Waals surface area (Å²) in [5.74, 6) is -8.80. The number of phenolic OH excluding ortho intramolecular Hbond substituents is 1. The highest BCUT2D eigenvalue weighted by Crippen LogP contribution is 2.66. The molecule has 0 spiro atoms. The van der Waals surface area contributed by atoms with E-state index in [-0.39, 0.29) is 34.8 Å². The normalized spacial score (nSPS) is 28.3. The number of nitro benzene ring substituents is 2. The molecule has 1 N–H and O–H groups in total. The predicted molar refractivity (Wildman–Crippen MR) is 181 cm³/mol. The number of nitrogens with zero attached hydrogens (tertiary/aromatic N) is 5. The fourth-order valence-electron chi connectivity index (χ4n) is 8.19. The minimum absolute atomic E-state index is 0.00649. The van der Waals surface area contributed by atoms with Crippen molar-refractivity contribution in [1.82, 2.24) is 0 Å². The van der Waals surface area contributed by atoms with Gasteiger partial charge in [0.25, 0.3) is 11.8 Å². The molecule has 3 aromatic carbocycles. The number of carbonyl (C=O) groups excluding carboxylic acids is 4. The second-order valence-corrected chi connectivity index (χ2v) is 14.3. The van der Waals surface area contributed by atoms with E-state index in [1.807, 2.05) is 0 Å². The van der Waals surface area contributed by atoms with Crippen LogP contribution < -0.4 is 14.7 Å². The second-order valence-electron chi connectivity index (χ2n) is 13.1. The first kappa shape index (κ1) is 34.1. The first-order valence-corrected chi connectivity index (χ1v) is 16.3. The Hall–Kier alpha value is -5.41. The molecule has 2 aliphatic heterocycles. The van der Waals surface area contributed by atoms with E-state index >= 15 is 0 Å². The third-order valence-electron chi connectivity index (χ3n) is 10.3. The number of carbonyl (C=O) groups is 4.